The van der Waals surface area contributed by atoms with Gasteiger partial charge in [0, 0.05) is 30.9 Å². The van der Waals surface area contributed by atoms with Crippen LogP contribution in [0.1, 0.15) is 15.6 Å². The van der Waals surface area contributed by atoms with Gasteiger partial charge in [-0.1, -0.05) is 0 Å². The number of anilines is 1. The molecule has 0 aliphatic rings. The molecule has 0 spiro atoms. The smallest absolute Gasteiger partial charge is 0.203 e. The molecule has 0 saturated carbocycles. The first-order chi connectivity index (χ1) is 8.69. The minimum absolute atomic E-state index is 0.685. The number of nitrogens with zero attached hydrogens (tertiary/aromatic N) is 3. The van der Waals surface area contributed by atoms with Crippen LogP contribution in [-0.4, -0.2) is 28.3 Å². The Morgan fingerprint density at radius 3 is 2.94 bits per heavy atom. The van der Waals surface area contributed by atoms with E-state index in [2.05, 4.69) is 19.9 Å². The normalized spacial score (nSPS) is 10.8. The Morgan fingerprint density at radius 2 is 2.28 bits per heavy atom. The maximum atomic E-state index is 5.09. The fourth-order valence-corrected chi connectivity index (χ4v) is 2.44. The lowest BCUT2D eigenvalue weighted by Crippen LogP contribution is -2.09. The topological polar surface area (TPSA) is 52.0 Å². The van der Waals surface area contributed by atoms with Crippen LogP contribution in [0.4, 0.5) is 5.95 Å². The van der Waals surface area contributed by atoms with Crippen molar-refractivity contribution in [2.24, 2.45) is 0 Å². The Morgan fingerprint density at radius 1 is 1.44 bits per heavy atom. The molecule has 0 fully saturated rings. The number of imidazole rings is 1. The molecule has 0 atom stereocenters. The predicted octanol–water partition coefficient (Wildman–Crippen LogP) is 2.21. The molecule has 0 aliphatic carbocycles. The van der Waals surface area contributed by atoms with Crippen molar-refractivity contribution in [1.29, 1.82) is 0 Å². The first kappa shape index (κ1) is 13.0. The molecular formula is C12H18N4OS. The van der Waals surface area contributed by atoms with Gasteiger partial charge in [0.1, 0.15) is 0 Å². The Kier molecular flexibility index (Phi) is 4.33. The number of hydrogen-bond donors (Lipinski definition) is 1. The zero-order chi connectivity index (χ0) is 13.0. The maximum absolute atomic E-state index is 5.09. The van der Waals surface area contributed by atoms with Gasteiger partial charge in [0.2, 0.25) is 5.95 Å². The van der Waals surface area contributed by atoms with Crippen LogP contribution < -0.4 is 5.32 Å². The van der Waals surface area contributed by atoms with E-state index in [1.165, 1.54) is 4.88 Å². The fraction of sp³-hybridized carbons (Fsp3) is 0.500. The minimum atomic E-state index is 0.685. The highest BCUT2D eigenvalue weighted by Crippen LogP contribution is 2.14. The van der Waals surface area contributed by atoms with E-state index in [1.54, 1.807) is 18.4 Å². The zero-order valence-corrected chi connectivity index (χ0v) is 11.8. The number of nitrogens with one attached hydrogen (secondary N) is 1. The number of ether oxygens (including phenoxy) is 1. The minimum Gasteiger partial charge on any atom is -0.383 e. The summed E-state index contributed by atoms with van der Waals surface area (Å²) in [6, 6.07) is 0. The molecule has 1 N–H and O–H groups in total. The first-order valence-electron chi connectivity index (χ1n) is 5.87. The van der Waals surface area contributed by atoms with Crippen molar-refractivity contribution in [3.05, 3.63) is 28.0 Å². The van der Waals surface area contributed by atoms with Crippen molar-refractivity contribution in [2.45, 2.75) is 26.9 Å². The van der Waals surface area contributed by atoms with E-state index < -0.39 is 0 Å². The lowest BCUT2D eigenvalue weighted by molar-refractivity contribution is 0.187. The molecule has 0 aromatic carbocycles. The lowest BCUT2D eigenvalue weighted by atomic mass is 10.5. The first-order valence-corrected chi connectivity index (χ1v) is 6.68. The average Bonchev–Trinajstić information content (AvgIpc) is 2.90. The molecule has 0 bridgehead atoms. The zero-order valence-electron chi connectivity index (χ0n) is 10.9. The molecule has 98 valence electrons. The monoisotopic (exact) mass is 266 g/mol. The summed E-state index contributed by atoms with van der Waals surface area (Å²) in [6.07, 6.45) is 3.93. The molecule has 6 heteroatoms. The number of methoxy groups -OCH3 is 1. The molecule has 2 rings (SSSR count). The molecule has 5 nitrogen and oxygen atoms in total. The summed E-state index contributed by atoms with van der Waals surface area (Å²) in [6.45, 7) is 6.25. The summed E-state index contributed by atoms with van der Waals surface area (Å²) in [5.74, 6) is 0.885. The SMILES string of the molecule is COCCn1cc(C)nc1NCc1cnc(C)s1. The molecule has 2 aromatic rings. The molecule has 0 saturated heterocycles. The molecule has 2 aromatic heterocycles. The summed E-state index contributed by atoms with van der Waals surface area (Å²) < 4.78 is 7.17. The lowest BCUT2D eigenvalue weighted by Gasteiger charge is -2.08. The van der Waals surface area contributed by atoms with E-state index in [0.717, 1.165) is 29.7 Å². The van der Waals surface area contributed by atoms with Gasteiger partial charge >= 0.3 is 0 Å². The number of rotatable bonds is 6. The second-order valence-corrected chi connectivity index (χ2v) is 5.41. The van der Waals surface area contributed by atoms with E-state index in [4.69, 9.17) is 4.74 Å². The van der Waals surface area contributed by atoms with Gasteiger partial charge in [-0.25, -0.2) is 9.97 Å². The average molecular weight is 266 g/mol. The largest absolute Gasteiger partial charge is 0.383 e. The highest BCUT2D eigenvalue weighted by molar-refractivity contribution is 7.11. The highest BCUT2D eigenvalue weighted by atomic mass is 32.1. The molecule has 2 heterocycles. The molecule has 18 heavy (non-hydrogen) atoms. The third-order valence-corrected chi connectivity index (χ3v) is 3.44. The third kappa shape index (κ3) is 3.30. The Bertz CT molecular complexity index is 506. The molecule has 0 aliphatic heterocycles. The van der Waals surface area contributed by atoms with Gasteiger partial charge in [-0.2, -0.15) is 0 Å². The number of thiazole rings is 1. The Labute approximate surface area is 111 Å². The standard InChI is InChI=1S/C12H18N4OS/c1-9-8-16(4-5-17-3)12(15-9)14-7-11-6-13-10(2)18-11/h6,8H,4-5,7H2,1-3H3,(H,14,15). The third-order valence-electron chi connectivity index (χ3n) is 2.52. The van der Waals surface area contributed by atoms with Crippen molar-refractivity contribution in [1.82, 2.24) is 14.5 Å². The van der Waals surface area contributed by atoms with Crippen LogP contribution >= 0.6 is 11.3 Å². The second kappa shape index (κ2) is 5.97. The number of aromatic nitrogens is 3. The van der Waals surface area contributed by atoms with Crippen LogP contribution in [0.15, 0.2) is 12.4 Å². The quantitative estimate of drug-likeness (QED) is 0.871. The van der Waals surface area contributed by atoms with Gasteiger partial charge in [-0.3, -0.25) is 0 Å². The van der Waals surface area contributed by atoms with Gasteiger partial charge < -0.3 is 14.6 Å². The van der Waals surface area contributed by atoms with Gasteiger partial charge in [0.15, 0.2) is 0 Å². The predicted molar refractivity (Wildman–Crippen MR) is 73.0 cm³/mol. The second-order valence-electron chi connectivity index (χ2n) is 4.09. The fourth-order valence-electron chi connectivity index (χ4n) is 1.70. The van der Waals surface area contributed by atoms with Gasteiger partial charge in [-0.15, -0.1) is 11.3 Å². The van der Waals surface area contributed by atoms with Gasteiger partial charge in [0.05, 0.1) is 23.9 Å². The molecule has 0 radical (unpaired) electrons. The van der Waals surface area contributed by atoms with E-state index in [0.29, 0.717) is 6.61 Å². The van der Waals surface area contributed by atoms with E-state index >= 15 is 0 Å². The summed E-state index contributed by atoms with van der Waals surface area (Å²) in [5, 5.41) is 4.43. The van der Waals surface area contributed by atoms with Crippen molar-refractivity contribution < 1.29 is 4.74 Å². The van der Waals surface area contributed by atoms with Crippen LogP contribution in [0.3, 0.4) is 0 Å². The summed E-state index contributed by atoms with van der Waals surface area (Å²) in [4.78, 5) is 9.92. The van der Waals surface area contributed by atoms with Gasteiger partial charge in [-0.05, 0) is 13.8 Å². The molecule has 0 unspecified atom stereocenters. The van der Waals surface area contributed by atoms with E-state index in [9.17, 15) is 0 Å². The molecule has 0 amide bonds. The summed E-state index contributed by atoms with van der Waals surface area (Å²) in [5.41, 5.74) is 1.01. The van der Waals surface area contributed by atoms with Crippen molar-refractivity contribution in [2.75, 3.05) is 19.0 Å². The van der Waals surface area contributed by atoms with E-state index in [-0.39, 0.29) is 0 Å². The maximum Gasteiger partial charge on any atom is 0.203 e. The number of hydrogen-bond acceptors (Lipinski definition) is 5. The van der Waals surface area contributed by atoms with Gasteiger partial charge in [0.25, 0.3) is 0 Å². The van der Waals surface area contributed by atoms with Crippen molar-refractivity contribution >= 4 is 17.3 Å². The highest BCUT2D eigenvalue weighted by Gasteiger charge is 2.06. The number of aryl methyl sites for hydroxylation is 2. The Hall–Kier alpha value is -1.40. The van der Waals surface area contributed by atoms with E-state index in [1.807, 2.05) is 26.2 Å². The Balaban J connectivity index is 1.99. The van der Waals surface area contributed by atoms with Crippen LogP contribution in [0, 0.1) is 13.8 Å². The van der Waals surface area contributed by atoms with Crippen LogP contribution in [0.25, 0.3) is 0 Å². The van der Waals surface area contributed by atoms with Crippen LogP contribution in [-0.2, 0) is 17.8 Å². The van der Waals surface area contributed by atoms with Crippen molar-refractivity contribution in [3.8, 4) is 0 Å². The van der Waals surface area contributed by atoms with Crippen molar-refractivity contribution in [3.63, 3.8) is 0 Å². The van der Waals surface area contributed by atoms with Crippen LogP contribution in [0.5, 0.6) is 0 Å². The van der Waals surface area contributed by atoms with Crippen LogP contribution in [0.2, 0.25) is 0 Å². The molecular weight excluding hydrogens is 248 g/mol. The summed E-state index contributed by atoms with van der Waals surface area (Å²) >= 11 is 1.70. The summed E-state index contributed by atoms with van der Waals surface area (Å²) in [7, 11) is 1.71.